The lowest BCUT2D eigenvalue weighted by Gasteiger charge is -2.46. The molecule has 2 rings (SSSR count). The lowest BCUT2D eigenvalue weighted by atomic mass is 9.97. The third-order valence-corrected chi connectivity index (χ3v) is 19.7. The topological polar surface area (TPSA) is 228 Å². The summed E-state index contributed by atoms with van der Waals surface area (Å²) in [5.74, 6) is -0.229. The summed E-state index contributed by atoms with van der Waals surface area (Å²) in [7, 11) is 0. The van der Waals surface area contributed by atoms with Crippen molar-refractivity contribution < 1.29 is 64.6 Å². The van der Waals surface area contributed by atoms with Gasteiger partial charge < -0.3 is 65.1 Å². The molecule has 0 aromatic heterocycles. The van der Waals surface area contributed by atoms with E-state index in [0.29, 0.717) is 0 Å². The largest absolute Gasteiger partial charge is 0.394 e. The van der Waals surface area contributed by atoms with Gasteiger partial charge in [0.15, 0.2) is 12.6 Å². The molecule has 2 heterocycles. The zero-order valence-electron chi connectivity index (χ0n) is 59.1. The molecular formula is C77H149NO13. The van der Waals surface area contributed by atoms with Crippen molar-refractivity contribution in [3.63, 3.8) is 0 Å². The van der Waals surface area contributed by atoms with Gasteiger partial charge in [0, 0.05) is 6.42 Å². The molecule has 9 N–H and O–H groups in total. The Morgan fingerprint density at radius 3 is 1.01 bits per heavy atom. The second-order valence-electron chi connectivity index (χ2n) is 28.2. The summed E-state index contributed by atoms with van der Waals surface area (Å²) in [4.78, 5) is 13.4. The summed E-state index contributed by atoms with van der Waals surface area (Å²) in [6.07, 6.45) is 61.5. The highest BCUT2D eigenvalue weighted by Gasteiger charge is 2.51. The van der Waals surface area contributed by atoms with E-state index in [1.54, 1.807) is 6.08 Å². The normalized spacial score (nSPS) is 22.7. The lowest BCUT2D eigenvalue weighted by molar-refractivity contribution is -0.359. The number of nitrogens with one attached hydrogen (secondary N) is 1. The highest BCUT2D eigenvalue weighted by molar-refractivity contribution is 5.76. The zero-order valence-corrected chi connectivity index (χ0v) is 59.1. The van der Waals surface area contributed by atoms with Gasteiger partial charge in [-0.1, -0.05) is 366 Å². The SMILES string of the molecule is CCCCCCCCCCCCCCCCCCCCCCCCCCCC/C=C/C(O)C(COC1OC(CO)C(OC2OC(CO)C(O)C(O)C2O)C(O)C1O)NC(=O)CCCCCCCCCCCCCCCCCCCCCCCCCCCCCCC. The van der Waals surface area contributed by atoms with Gasteiger partial charge in [0.25, 0.3) is 0 Å². The molecule has 2 fully saturated rings. The fourth-order valence-electron chi connectivity index (χ4n) is 13.5. The van der Waals surface area contributed by atoms with Crippen molar-refractivity contribution in [3.8, 4) is 0 Å². The molecule has 540 valence electrons. The summed E-state index contributed by atoms with van der Waals surface area (Å²) < 4.78 is 22.9. The maximum Gasteiger partial charge on any atom is 0.220 e. The average molecular weight is 1300 g/mol. The number of hydrogen-bond acceptors (Lipinski definition) is 13. The molecule has 0 aromatic rings. The molecule has 0 radical (unpaired) electrons. The lowest BCUT2D eigenvalue weighted by Crippen LogP contribution is -2.65. The van der Waals surface area contributed by atoms with Gasteiger partial charge in [-0.15, -0.1) is 0 Å². The summed E-state index contributed by atoms with van der Waals surface area (Å²) >= 11 is 0. The minimum atomic E-state index is -1.79. The molecule has 0 aromatic carbocycles. The van der Waals surface area contributed by atoms with Crippen molar-refractivity contribution in [1.82, 2.24) is 5.32 Å². The van der Waals surface area contributed by atoms with Gasteiger partial charge in [0.05, 0.1) is 32.0 Å². The highest BCUT2D eigenvalue weighted by atomic mass is 16.7. The fraction of sp³-hybridized carbons (Fsp3) is 0.961. The van der Waals surface area contributed by atoms with Crippen LogP contribution in [-0.2, 0) is 23.7 Å². The Hall–Kier alpha value is -1.27. The first-order valence-corrected chi connectivity index (χ1v) is 39.4. The van der Waals surface area contributed by atoms with Crippen LogP contribution < -0.4 is 5.32 Å². The zero-order chi connectivity index (χ0) is 65.9. The van der Waals surface area contributed by atoms with Gasteiger partial charge in [-0.2, -0.15) is 0 Å². The minimum Gasteiger partial charge on any atom is -0.394 e. The smallest absolute Gasteiger partial charge is 0.220 e. The summed E-state index contributed by atoms with van der Waals surface area (Å²) in [6, 6.07) is -0.912. The van der Waals surface area contributed by atoms with Crippen molar-refractivity contribution in [2.24, 2.45) is 0 Å². The third kappa shape index (κ3) is 45.8. The first-order chi connectivity index (χ1) is 44.6. The van der Waals surface area contributed by atoms with Gasteiger partial charge in [0.2, 0.25) is 5.91 Å². The Kier molecular flexibility index (Phi) is 58.7. The second kappa shape index (κ2) is 62.3. The van der Waals surface area contributed by atoms with Crippen LogP contribution in [-0.4, -0.2) is 140 Å². The van der Waals surface area contributed by atoms with Crippen LogP contribution in [0.1, 0.15) is 380 Å². The summed E-state index contributed by atoms with van der Waals surface area (Å²) in [5.41, 5.74) is 0. The van der Waals surface area contributed by atoms with E-state index in [1.165, 1.54) is 315 Å². The van der Waals surface area contributed by atoms with Crippen molar-refractivity contribution in [3.05, 3.63) is 12.2 Å². The summed E-state index contributed by atoms with van der Waals surface area (Å²) in [6.45, 7) is 2.88. The predicted molar refractivity (Wildman–Crippen MR) is 374 cm³/mol. The predicted octanol–water partition coefficient (Wildman–Crippen LogP) is 17.3. The number of aliphatic hydroxyl groups excluding tert-OH is 8. The van der Waals surface area contributed by atoms with Gasteiger partial charge in [-0.3, -0.25) is 4.79 Å². The van der Waals surface area contributed by atoms with Crippen LogP contribution in [0.2, 0.25) is 0 Å². The van der Waals surface area contributed by atoms with Crippen molar-refractivity contribution >= 4 is 5.91 Å². The molecule has 0 saturated carbocycles. The molecule has 91 heavy (non-hydrogen) atoms. The number of allylic oxidation sites excluding steroid dienone is 1. The van der Waals surface area contributed by atoms with Crippen molar-refractivity contribution in [2.45, 2.75) is 453 Å². The van der Waals surface area contributed by atoms with E-state index in [0.717, 1.165) is 44.9 Å². The maximum absolute atomic E-state index is 13.4. The number of hydrogen-bond donors (Lipinski definition) is 9. The molecule has 0 aliphatic carbocycles. The van der Waals surface area contributed by atoms with Crippen molar-refractivity contribution in [2.75, 3.05) is 19.8 Å². The van der Waals surface area contributed by atoms with E-state index < -0.39 is 86.8 Å². The van der Waals surface area contributed by atoms with Crippen LogP contribution in [0, 0.1) is 0 Å². The monoisotopic (exact) mass is 1300 g/mol. The Morgan fingerprint density at radius 1 is 0.385 bits per heavy atom. The van der Waals surface area contributed by atoms with E-state index in [4.69, 9.17) is 18.9 Å². The van der Waals surface area contributed by atoms with Crippen LogP contribution in [0.4, 0.5) is 0 Å². The van der Waals surface area contributed by atoms with Crippen LogP contribution in [0.5, 0.6) is 0 Å². The number of unbranched alkanes of at least 4 members (excludes halogenated alkanes) is 54. The standard InChI is InChI=1S/C77H149NO13/c1-3-5-7-9-11-13-15-17-19-21-23-25-27-29-31-33-35-37-39-41-43-45-47-49-51-53-55-57-59-61-69(82)78-65(64-88-76-74(87)72(85)75(68(63-80)90-76)91-77-73(86)71(84)70(83)67(62-79)89-77)66(81)60-58-56-54-52-50-48-46-44-42-40-38-36-34-32-30-28-26-24-22-20-18-16-14-12-10-8-6-4-2/h58,60,65-68,70-77,79-81,83-87H,3-57,59,61-64H2,1-2H3,(H,78,82)/b60-58+. The molecule has 12 atom stereocenters. The molecule has 14 nitrogen and oxygen atoms in total. The number of amides is 1. The van der Waals surface area contributed by atoms with Crippen molar-refractivity contribution in [1.29, 1.82) is 0 Å². The van der Waals surface area contributed by atoms with Crippen LogP contribution in [0.3, 0.4) is 0 Å². The Morgan fingerprint density at radius 2 is 0.681 bits per heavy atom. The van der Waals surface area contributed by atoms with Gasteiger partial charge in [-0.25, -0.2) is 0 Å². The van der Waals surface area contributed by atoms with Gasteiger partial charge >= 0.3 is 0 Å². The third-order valence-electron chi connectivity index (χ3n) is 19.7. The quantitative estimate of drug-likeness (QED) is 0.0204. The molecule has 2 saturated heterocycles. The maximum atomic E-state index is 13.4. The fourth-order valence-corrected chi connectivity index (χ4v) is 13.5. The second-order valence-corrected chi connectivity index (χ2v) is 28.2. The van der Waals surface area contributed by atoms with Gasteiger partial charge in [0.1, 0.15) is 48.8 Å². The number of carbonyl (C=O) groups excluding carboxylic acids is 1. The molecular weight excluding hydrogens is 1150 g/mol. The van der Waals surface area contributed by atoms with Crippen LogP contribution in [0.25, 0.3) is 0 Å². The number of rotatable bonds is 67. The first-order valence-electron chi connectivity index (χ1n) is 39.4. The Labute approximate surface area is 558 Å². The Balaban J connectivity index is 1.63. The molecule has 2 aliphatic heterocycles. The van der Waals surface area contributed by atoms with E-state index in [2.05, 4.69) is 19.2 Å². The molecule has 2 aliphatic rings. The summed E-state index contributed by atoms with van der Waals surface area (Å²) in [5, 5.41) is 87.7. The molecule has 12 unspecified atom stereocenters. The highest BCUT2D eigenvalue weighted by Crippen LogP contribution is 2.30. The molecule has 0 spiro atoms. The molecule has 0 bridgehead atoms. The average Bonchev–Trinajstić information content (AvgIpc) is 1.08. The molecule has 1 amide bonds. The number of ether oxygens (including phenoxy) is 4. The van der Waals surface area contributed by atoms with Gasteiger partial charge in [-0.05, 0) is 19.3 Å². The van der Waals surface area contributed by atoms with E-state index in [1.807, 2.05) is 6.08 Å². The minimum absolute atomic E-state index is 0.229. The van der Waals surface area contributed by atoms with E-state index in [-0.39, 0.29) is 18.9 Å². The van der Waals surface area contributed by atoms with E-state index in [9.17, 15) is 45.6 Å². The van der Waals surface area contributed by atoms with Crippen LogP contribution in [0.15, 0.2) is 12.2 Å². The number of carbonyl (C=O) groups is 1. The first kappa shape index (κ1) is 85.8. The Bertz CT molecular complexity index is 1570. The molecule has 14 heteroatoms. The van der Waals surface area contributed by atoms with Crippen LogP contribution >= 0.6 is 0 Å². The number of aliphatic hydroxyl groups is 8. The van der Waals surface area contributed by atoms with E-state index >= 15 is 0 Å².